The van der Waals surface area contributed by atoms with Crippen LogP contribution in [0, 0.1) is 6.92 Å². The molecule has 0 radical (unpaired) electrons. The third kappa shape index (κ3) is 2.01. The number of benzene rings is 2. The fourth-order valence-corrected chi connectivity index (χ4v) is 2.81. The molecule has 2 aromatic carbocycles. The molecule has 0 spiro atoms. The van der Waals surface area contributed by atoms with Crippen molar-refractivity contribution in [3.8, 4) is 11.1 Å². The van der Waals surface area contributed by atoms with Gasteiger partial charge < -0.3 is 5.11 Å². The summed E-state index contributed by atoms with van der Waals surface area (Å²) in [6, 6.07) is 13.7. The molecule has 102 valence electrons. The summed E-state index contributed by atoms with van der Waals surface area (Å²) < 4.78 is 0. The average Bonchev–Trinajstić information content (AvgIpc) is 3.24. The first-order chi connectivity index (χ1) is 9.54. The van der Waals surface area contributed by atoms with Crippen LogP contribution in [0.5, 0.6) is 0 Å². The molecule has 0 saturated heterocycles. The molecular weight excluding hydrogens is 272 g/mol. The van der Waals surface area contributed by atoms with Crippen molar-refractivity contribution in [3.63, 3.8) is 0 Å². The number of halogens is 1. The standard InChI is InChI=1S/C17H15ClO2/c1-11-14(3-2-4-15(11)18)12-5-7-13(8-6-12)17(9-10-17)16(19)20/h2-8H,9-10H2,1H3,(H,19,20). The predicted octanol–water partition coefficient (Wildman–Crippen LogP) is 4.43. The number of carbonyl (C=O) groups is 1. The molecule has 0 amide bonds. The maximum absolute atomic E-state index is 11.3. The second-order valence-corrected chi connectivity index (χ2v) is 5.78. The van der Waals surface area contributed by atoms with Crippen molar-refractivity contribution in [2.75, 3.05) is 0 Å². The van der Waals surface area contributed by atoms with Gasteiger partial charge in [-0.1, -0.05) is 48.0 Å². The molecule has 2 aromatic rings. The van der Waals surface area contributed by atoms with E-state index in [2.05, 4.69) is 0 Å². The van der Waals surface area contributed by atoms with Crippen molar-refractivity contribution in [2.24, 2.45) is 0 Å². The van der Waals surface area contributed by atoms with E-state index in [1.165, 1.54) is 0 Å². The first-order valence-corrected chi connectivity index (χ1v) is 7.02. The fourth-order valence-electron chi connectivity index (χ4n) is 2.64. The molecule has 0 aliphatic heterocycles. The Kier molecular flexibility index (Phi) is 3.06. The van der Waals surface area contributed by atoms with Gasteiger partial charge in [0.25, 0.3) is 0 Å². The van der Waals surface area contributed by atoms with Gasteiger partial charge in [0.1, 0.15) is 0 Å². The number of carboxylic acid groups (broad SMARTS) is 1. The third-order valence-corrected chi connectivity index (χ3v) is 4.59. The first kappa shape index (κ1) is 13.2. The van der Waals surface area contributed by atoms with Gasteiger partial charge in [0.15, 0.2) is 0 Å². The summed E-state index contributed by atoms with van der Waals surface area (Å²) in [6.07, 6.45) is 1.47. The Hall–Kier alpha value is -1.80. The second-order valence-electron chi connectivity index (χ2n) is 5.38. The number of hydrogen-bond donors (Lipinski definition) is 1. The topological polar surface area (TPSA) is 37.3 Å². The Morgan fingerprint density at radius 2 is 1.80 bits per heavy atom. The van der Waals surface area contributed by atoms with Crippen LogP contribution in [0.1, 0.15) is 24.0 Å². The quantitative estimate of drug-likeness (QED) is 0.906. The van der Waals surface area contributed by atoms with E-state index in [1.807, 2.05) is 49.4 Å². The molecule has 0 aromatic heterocycles. The highest BCUT2D eigenvalue weighted by molar-refractivity contribution is 6.31. The zero-order chi connectivity index (χ0) is 14.3. The maximum atomic E-state index is 11.3. The fraction of sp³-hybridized carbons (Fsp3) is 0.235. The highest BCUT2D eigenvalue weighted by Crippen LogP contribution is 2.48. The van der Waals surface area contributed by atoms with E-state index in [0.29, 0.717) is 0 Å². The summed E-state index contributed by atoms with van der Waals surface area (Å²) >= 11 is 6.14. The summed E-state index contributed by atoms with van der Waals surface area (Å²) in [6.45, 7) is 1.99. The van der Waals surface area contributed by atoms with Gasteiger partial charge in [-0.05, 0) is 48.1 Å². The van der Waals surface area contributed by atoms with Gasteiger partial charge in [-0.3, -0.25) is 4.79 Å². The molecule has 1 fully saturated rings. The van der Waals surface area contributed by atoms with Crippen molar-refractivity contribution in [3.05, 3.63) is 58.6 Å². The maximum Gasteiger partial charge on any atom is 0.314 e. The molecular formula is C17H15ClO2. The van der Waals surface area contributed by atoms with E-state index in [9.17, 15) is 9.90 Å². The van der Waals surface area contributed by atoms with Crippen LogP contribution in [0.2, 0.25) is 5.02 Å². The zero-order valence-corrected chi connectivity index (χ0v) is 11.9. The number of hydrogen-bond acceptors (Lipinski definition) is 1. The Balaban J connectivity index is 1.98. The lowest BCUT2D eigenvalue weighted by Crippen LogP contribution is -2.19. The Labute approximate surface area is 123 Å². The van der Waals surface area contributed by atoms with Gasteiger partial charge in [-0.2, -0.15) is 0 Å². The molecule has 1 N–H and O–H groups in total. The molecule has 3 heteroatoms. The monoisotopic (exact) mass is 286 g/mol. The lowest BCUT2D eigenvalue weighted by atomic mass is 9.93. The van der Waals surface area contributed by atoms with Crippen molar-refractivity contribution < 1.29 is 9.90 Å². The minimum Gasteiger partial charge on any atom is -0.481 e. The van der Waals surface area contributed by atoms with Crippen LogP contribution < -0.4 is 0 Å². The molecule has 1 aliphatic rings. The van der Waals surface area contributed by atoms with E-state index in [4.69, 9.17) is 11.6 Å². The van der Waals surface area contributed by atoms with Gasteiger partial charge in [0, 0.05) is 5.02 Å². The van der Waals surface area contributed by atoms with E-state index >= 15 is 0 Å². The van der Waals surface area contributed by atoms with Crippen LogP contribution in [-0.4, -0.2) is 11.1 Å². The van der Waals surface area contributed by atoms with Gasteiger partial charge in [0.05, 0.1) is 5.41 Å². The van der Waals surface area contributed by atoms with Gasteiger partial charge >= 0.3 is 5.97 Å². The molecule has 0 heterocycles. The van der Waals surface area contributed by atoms with E-state index in [0.717, 1.165) is 40.1 Å². The SMILES string of the molecule is Cc1c(Cl)cccc1-c1ccc(C2(C(=O)O)CC2)cc1. The molecule has 0 unspecified atom stereocenters. The van der Waals surface area contributed by atoms with Crippen LogP contribution >= 0.6 is 11.6 Å². The van der Waals surface area contributed by atoms with Crippen molar-refractivity contribution in [2.45, 2.75) is 25.2 Å². The summed E-state index contributed by atoms with van der Waals surface area (Å²) in [5, 5.41) is 10.1. The van der Waals surface area contributed by atoms with Crippen molar-refractivity contribution in [1.82, 2.24) is 0 Å². The summed E-state index contributed by atoms with van der Waals surface area (Å²) in [5.41, 5.74) is 3.45. The van der Waals surface area contributed by atoms with Gasteiger partial charge in [-0.25, -0.2) is 0 Å². The van der Waals surface area contributed by atoms with Crippen molar-refractivity contribution in [1.29, 1.82) is 0 Å². The molecule has 20 heavy (non-hydrogen) atoms. The highest BCUT2D eigenvalue weighted by Gasteiger charge is 2.51. The normalized spacial score (nSPS) is 15.9. The van der Waals surface area contributed by atoms with E-state index in [1.54, 1.807) is 0 Å². The molecule has 3 rings (SSSR count). The molecule has 0 atom stereocenters. The van der Waals surface area contributed by atoms with Crippen LogP contribution in [0.15, 0.2) is 42.5 Å². The summed E-state index contributed by atoms with van der Waals surface area (Å²) in [4.78, 5) is 11.3. The minimum atomic E-state index is -0.718. The van der Waals surface area contributed by atoms with Crippen LogP contribution in [0.4, 0.5) is 0 Å². The van der Waals surface area contributed by atoms with Gasteiger partial charge in [0.2, 0.25) is 0 Å². The van der Waals surface area contributed by atoms with Crippen LogP contribution in [0.3, 0.4) is 0 Å². The third-order valence-electron chi connectivity index (χ3n) is 4.18. The zero-order valence-electron chi connectivity index (χ0n) is 11.2. The Bertz CT molecular complexity index is 670. The van der Waals surface area contributed by atoms with E-state index in [-0.39, 0.29) is 0 Å². The number of aliphatic carboxylic acids is 1. The Morgan fingerprint density at radius 3 is 2.35 bits per heavy atom. The second kappa shape index (κ2) is 4.64. The van der Waals surface area contributed by atoms with Gasteiger partial charge in [-0.15, -0.1) is 0 Å². The molecule has 2 nitrogen and oxygen atoms in total. The lowest BCUT2D eigenvalue weighted by Gasteiger charge is -2.12. The van der Waals surface area contributed by atoms with Crippen molar-refractivity contribution >= 4 is 17.6 Å². The molecule has 0 bridgehead atoms. The predicted molar refractivity (Wildman–Crippen MR) is 80.2 cm³/mol. The van der Waals surface area contributed by atoms with Crippen LogP contribution in [-0.2, 0) is 10.2 Å². The number of carboxylic acids is 1. The smallest absolute Gasteiger partial charge is 0.314 e. The average molecular weight is 287 g/mol. The molecule has 1 aliphatic carbocycles. The lowest BCUT2D eigenvalue weighted by molar-refractivity contribution is -0.140. The highest BCUT2D eigenvalue weighted by atomic mass is 35.5. The van der Waals surface area contributed by atoms with E-state index < -0.39 is 11.4 Å². The largest absolute Gasteiger partial charge is 0.481 e. The first-order valence-electron chi connectivity index (χ1n) is 6.64. The summed E-state index contributed by atoms with van der Waals surface area (Å²) in [7, 11) is 0. The Morgan fingerprint density at radius 1 is 1.15 bits per heavy atom. The van der Waals surface area contributed by atoms with Crippen LogP contribution in [0.25, 0.3) is 11.1 Å². The minimum absolute atomic E-state index is 0.637. The molecule has 1 saturated carbocycles. The summed E-state index contributed by atoms with van der Waals surface area (Å²) in [5.74, 6) is -0.718. The number of rotatable bonds is 3.